The van der Waals surface area contributed by atoms with Crippen molar-refractivity contribution in [2.24, 2.45) is 0 Å². The Bertz CT molecular complexity index is 574. The fraction of sp³-hybridized carbons (Fsp3) is 0.286. The average molecular weight is 258 g/mol. The van der Waals surface area contributed by atoms with E-state index in [1.807, 2.05) is 50.2 Å². The van der Waals surface area contributed by atoms with Gasteiger partial charge >= 0.3 is 0 Å². The third-order valence-electron chi connectivity index (χ3n) is 2.64. The van der Waals surface area contributed by atoms with Crippen molar-refractivity contribution in [1.82, 2.24) is 15.1 Å². The van der Waals surface area contributed by atoms with Gasteiger partial charge in [0.1, 0.15) is 0 Å². The van der Waals surface area contributed by atoms with Crippen LogP contribution in [0.15, 0.2) is 30.3 Å². The minimum Gasteiger partial charge on any atom is -0.305 e. The molecular formula is C14H18N4O. The van der Waals surface area contributed by atoms with Crippen molar-refractivity contribution in [2.75, 3.05) is 19.4 Å². The number of nitrogens with zero attached hydrogens (tertiary/aromatic N) is 2. The summed E-state index contributed by atoms with van der Waals surface area (Å²) in [5.41, 5.74) is 2.66. The lowest BCUT2D eigenvalue weighted by molar-refractivity contribution is 0.102. The Balaban J connectivity index is 2.05. The fourth-order valence-electron chi connectivity index (χ4n) is 1.82. The second-order valence-corrected chi connectivity index (χ2v) is 4.84. The molecule has 2 rings (SSSR count). The van der Waals surface area contributed by atoms with Crippen molar-refractivity contribution in [1.29, 1.82) is 0 Å². The molecule has 0 radical (unpaired) electrons. The van der Waals surface area contributed by atoms with E-state index in [1.165, 1.54) is 0 Å². The largest absolute Gasteiger partial charge is 0.305 e. The van der Waals surface area contributed by atoms with Gasteiger partial charge in [0.2, 0.25) is 0 Å². The number of rotatable bonds is 4. The van der Waals surface area contributed by atoms with Crippen LogP contribution in [0.25, 0.3) is 0 Å². The summed E-state index contributed by atoms with van der Waals surface area (Å²) in [7, 11) is 3.96. The van der Waals surface area contributed by atoms with Gasteiger partial charge in [0, 0.05) is 18.2 Å². The van der Waals surface area contributed by atoms with Crippen LogP contribution in [0.2, 0.25) is 0 Å². The summed E-state index contributed by atoms with van der Waals surface area (Å²) in [4.78, 5) is 14.0. The van der Waals surface area contributed by atoms with Crippen molar-refractivity contribution in [3.63, 3.8) is 0 Å². The first-order valence-electron chi connectivity index (χ1n) is 6.11. The predicted molar refractivity (Wildman–Crippen MR) is 75.1 cm³/mol. The number of hydrogen-bond acceptors (Lipinski definition) is 3. The Morgan fingerprint density at radius 1 is 1.37 bits per heavy atom. The first kappa shape index (κ1) is 13.3. The zero-order valence-electron chi connectivity index (χ0n) is 11.4. The van der Waals surface area contributed by atoms with Crippen LogP contribution in [0.3, 0.4) is 0 Å². The van der Waals surface area contributed by atoms with Gasteiger partial charge in [-0.25, -0.2) is 0 Å². The first-order chi connectivity index (χ1) is 9.04. The summed E-state index contributed by atoms with van der Waals surface area (Å²) in [6.07, 6.45) is 0. The van der Waals surface area contributed by atoms with Gasteiger partial charge in [0.05, 0.1) is 5.69 Å². The smallest absolute Gasteiger partial charge is 0.256 e. The minimum absolute atomic E-state index is 0.147. The van der Waals surface area contributed by atoms with Crippen molar-refractivity contribution >= 4 is 11.7 Å². The van der Waals surface area contributed by atoms with Gasteiger partial charge in [-0.15, -0.1) is 0 Å². The Morgan fingerprint density at radius 3 is 2.84 bits per heavy atom. The standard InChI is InChI=1S/C14H18N4O/c1-10-5-4-6-11(7-10)14(19)15-13-8-12(16-17-13)9-18(2)3/h4-8H,9H2,1-3H3,(H2,15,16,17,19). The SMILES string of the molecule is Cc1cccc(C(=O)Nc2cc(CN(C)C)[nH]n2)c1. The number of aromatic amines is 1. The molecule has 5 nitrogen and oxygen atoms in total. The molecule has 5 heteroatoms. The second-order valence-electron chi connectivity index (χ2n) is 4.84. The Hall–Kier alpha value is -2.14. The van der Waals surface area contributed by atoms with E-state index >= 15 is 0 Å². The maximum Gasteiger partial charge on any atom is 0.256 e. The monoisotopic (exact) mass is 258 g/mol. The molecule has 0 atom stereocenters. The Kier molecular flexibility index (Phi) is 3.97. The molecule has 0 bridgehead atoms. The molecule has 2 aromatic rings. The highest BCUT2D eigenvalue weighted by molar-refractivity contribution is 6.03. The molecule has 0 aliphatic rings. The van der Waals surface area contributed by atoms with Gasteiger partial charge in [-0.1, -0.05) is 17.7 Å². The third-order valence-corrected chi connectivity index (χ3v) is 2.64. The Morgan fingerprint density at radius 2 is 2.16 bits per heavy atom. The highest BCUT2D eigenvalue weighted by Gasteiger charge is 2.08. The topological polar surface area (TPSA) is 61.0 Å². The summed E-state index contributed by atoms with van der Waals surface area (Å²) in [5.74, 6) is 0.398. The lowest BCUT2D eigenvalue weighted by atomic mass is 10.1. The zero-order valence-corrected chi connectivity index (χ0v) is 11.4. The van der Waals surface area contributed by atoms with Gasteiger partial charge in [-0.3, -0.25) is 9.89 Å². The second kappa shape index (κ2) is 5.67. The molecule has 0 spiro atoms. The molecule has 0 aliphatic carbocycles. The maximum atomic E-state index is 12.0. The van der Waals surface area contributed by atoms with Gasteiger partial charge in [-0.2, -0.15) is 5.10 Å². The molecule has 0 saturated carbocycles. The average Bonchev–Trinajstić information content (AvgIpc) is 2.75. The van der Waals surface area contributed by atoms with Crippen molar-refractivity contribution in [3.05, 3.63) is 47.2 Å². The van der Waals surface area contributed by atoms with E-state index in [-0.39, 0.29) is 5.91 Å². The van der Waals surface area contributed by atoms with Gasteiger partial charge < -0.3 is 10.2 Å². The molecule has 0 unspecified atom stereocenters. The number of hydrogen-bond donors (Lipinski definition) is 2. The number of carbonyl (C=O) groups excluding carboxylic acids is 1. The quantitative estimate of drug-likeness (QED) is 0.882. The summed E-state index contributed by atoms with van der Waals surface area (Å²) in [6, 6.07) is 9.30. The maximum absolute atomic E-state index is 12.0. The third kappa shape index (κ3) is 3.66. The summed E-state index contributed by atoms with van der Waals surface area (Å²) in [6.45, 7) is 2.72. The molecule has 100 valence electrons. The normalized spacial score (nSPS) is 10.7. The number of anilines is 1. The number of amides is 1. The number of H-pyrrole nitrogens is 1. The van der Waals surface area contributed by atoms with Gasteiger partial charge in [0.15, 0.2) is 5.82 Å². The number of nitrogens with one attached hydrogen (secondary N) is 2. The van der Waals surface area contributed by atoms with Crippen LogP contribution in [-0.2, 0) is 6.54 Å². The lowest BCUT2D eigenvalue weighted by Crippen LogP contribution is -2.12. The molecule has 19 heavy (non-hydrogen) atoms. The molecule has 1 aromatic carbocycles. The fourth-order valence-corrected chi connectivity index (χ4v) is 1.82. The van der Waals surface area contributed by atoms with Crippen LogP contribution in [0.4, 0.5) is 5.82 Å². The number of benzene rings is 1. The van der Waals surface area contributed by atoms with E-state index in [0.29, 0.717) is 11.4 Å². The van der Waals surface area contributed by atoms with E-state index in [0.717, 1.165) is 17.8 Å². The first-order valence-corrected chi connectivity index (χ1v) is 6.11. The van der Waals surface area contributed by atoms with E-state index in [9.17, 15) is 4.79 Å². The van der Waals surface area contributed by atoms with Crippen molar-refractivity contribution in [3.8, 4) is 0 Å². The minimum atomic E-state index is -0.147. The summed E-state index contributed by atoms with van der Waals surface area (Å²) < 4.78 is 0. The molecule has 1 aromatic heterocycles. The Labute approximate surface area is 112 Å². The van der Waals surface area contributed by atoms with Crippen molar-refractivity contribution in [2.45, 2.75) is 13.5 Å². The van der Waals surface area contributed by atoms with E-state index in [4.69, 9.17) is 0 Å². The molecule has 1 heterocycles. The highest BCUT2D eigenvalue weighted by atomic mass is 16.1. The molecule has 0 aliphatic heterocycles. The van der Waals surface area contributed by atoms with Crippen molar-refractivity contribution < 1.29 is 4.79 Å². The van der Waals surface area contributed by atoms with E-state index in [2.05, 4.69) is 15.5 Å². The molecule has 0 fully saturated rings. The lowest BCUT2D eigenvalue weighted by Gasteiger charge is -2.05. The van der Waals surface area contributed by atoms with Crippen LogP contribution in [-0.4, -0.2) is 35.1 Å². The summed E-state index contributed by atoms with van der Waals surface area (Å²) in [5, 5.41) is 9.75. The van der Waals surface area contributed by atoms with Crippen LogP contribution in [0, 0.1) is 6.92 Å². The zero-order chi connectivity index (χ0) is 13.8. The highest BCUT2D eigenvalue weighted by Crippen LogP contribution is 2.10. The predicted octanol–water partition coefficient (Wildman–Crippen LogP) is 2.03. The van der Waals surface area contributed by atoms with Crippen LogP contribution < -0.4 is 5.32 Å². The molecule has 1 amide bonds. The van der Waals surface area contributed by atoms with Crippen LogP contribution >= 0.6 is 0 Å². The summed E-state index contributed by atoms with van der Waals surface area (Å²) >= 11 is 0. The van der Waals surface area contributed by atoms with Gasteiger partial charge in [-0.05, 0) is 33.2 Å². The van der Waals surface area contributed by atoms with E-state index < -0.39 is 0 Å². The van der Waals surface area contributed by atoms with Crippen LogP contribution in [0.5, 0.6) is 0 Å². The molecule has 0 saturated heterocycles. The molecule has 2 N–H and O–H groups in total. The van der Waals surface area contributed by atoms with Gasteiger partial charge in [0.25, 0.3) is 5.91 Å². The number of aromatic nitrogens is 2. The number of aryl methyl sites for hydroxylation is 1. The van der Waals surface area contributed by atoms with Crippen LogP contribution in [0.1, 0.15) is 21.6 Å². The molecular weight excluding hydrogens is 240 g/mol. The number of carbonyl (C=O) groups is 1. The van der Waals surface area contributed by atoms with E-state index in [1.54, 1.807) is 6.07 Å².